The molecule has 2 atom stereocenters. The lowest BCUT2D eigenvalue weighted by atomic mass is 10.2. The number of carbonyl (C=O) groups is 3. The van der Waals surface area contributed by atoms with Gasteiger partial charge in [0, 0.05) is 0 Å². The van der Waals surface area contributed by atoms with Gasteiger partial charge in [-0.05, 0) is 25.5 Å². The molecule has 7 heteroatoms. The third-order valence-corrected chi connectivity index (χ3v) is 2.51. The maximum atomic E-state index is 11.7. The number of aliphatic carboxylic acids is 1. The Morgan fingerprint density at radius 2 is 2.05 bits per heavy atom. The van der Waals surface area contributed by atoms with Crippen molar-refractivity contribution in [2.45, 2.75) is 32.4 Å². The lowest BCUT2D eigenvalue weighted by Gasteiger charge is -2.17. The first kappa shape index (κ1) is 14.7. The fourth-order valence-electron chi connectivity index (χ4n) is 1.38. The molecule has 7 nitrogen and oxygen atoms in total. The van der Waals surface area contributed by atoms with Crippen LogP contribution in [0.15, 0.2) is 22.8 Å². The Kier molecular flexibility index (Phi) is 5.11. The minimum Gasteiger partial charge on any atom is -0.480 e. The predicted molar refractivity (Wildman–Crippen MR) is 65.5 cm³/mol. The van der Waals surface area contributed by atoms with E-state index in [1.807, 2.05) is 0 Å². The molecule has 0 spiro atoms. The lowest BCUT2D eigenvalue weighted by molar-refractivity contribution is -0.142. The number of hydrogen-bond donors (Lipinski definition) is 3. The molecule has 104 valence electrons. The summed E-state index contributed by atoms with van der Waals surface area (Å²) in [6, 6.07) is 1.20. The van der Waals surface area contributed by atoms with Crippen molar-refractivity contribution < 1.29 is 23.9 Å². The van der Waals surface area contributed by atoms with E-state index < -0.39 is 29.9 Å². The van der Waals surface area contributed by atoms with E-state index in [0.29, 0.717) is 0 Å². The van der Waals surface area contributed by atoms with Crippen LogP contribution in [0.2, 0.25) is 0 Å². The van der Waals surface area contributed by atoms with Crippen LogP contribution in [0.4, 0.5) is 0 Å². The van der Waals surface area contributed by atoms with Crippen molar-refractivity contribution in [3.8, 4) is 0 Å². The molecule has 0 fully saturated rings. The Labute approximate surface area is 110 Å². The molecule has 0 aliphatic rings. The van der Waals surface area contributed by atoms with Crippen LogP contribution < -0.4 is 10.6 Å². The van der Waals surface area contributed by atoms with E-state index in [1.54, 1.807) is 13.0 Å². The molecular formula is C12H16N2O5. The summed E-state index contributed by atoms with van der Waals surface area (Å²) < 4.78 is 4.88. The molecule has 0 saturated carbocycles. The topological polar surface area (TPSA) is 109 Å². The number of rotatable bonds is 6. The van der Waals surface area contributed by atoms with Crippen LogP contribution in [-0.2, 0) is 9.59 Å². The fraction of sp³-hybridized carbons (Fsp3) is 0.417. The first-order valence-electron chi connectivity index (χ1n) is 5.83. The maximum absolute atomic E-state index is 11.7. The summed E-state index contributed by atoms with van der Waals surface area (Å²) in [4.78, 5) is 34.1. The Balaban J connectivity index is 2.53. The predicted octanol–water partition coefficient (Wildman–Crippen LogP) is 0.377. The minimum absolute atomic E-state index is 0.0879. The van der Waals surface area contributed by atoms with Crippen molar-refractivity contribution >= 4 is 17.8 Å². The quantitative estimate of drug-likeness (QED) is 0.691. The molecular weight excluding hydrogens is 252 g/mol. The van der Waals surface area contributed by atoms with Gasteiger partial charge in [-0.1, -0.05) is 6.92 Å². The summed E-state index contributed by atoms with van der Waals surface area (Å²) in [5, 5.41) is 13.6. The van der Waals surface area contributed by atoms with Crippen molar-refractivity contribution in [3.63, 3.8) is 0 Å². The highest BCUT2D eigenvalue weighted by molar-refractivity contribution is 5.96. The van der Waals surface area contributed by atoms with Crippen molar-refractivity contribution in [1.29, 1.82) is 0 Å². The number of nitrogens with one attached hydrogen (secondary N) is 2. The first-order valence-corrected chi connectivity index (χ1v) is 5.83. The van der Waals surface area contributed by atoms with Gasteiger partial charge in [-0.2, -0.15) is 0 Å². The van der Waals surface area contributed by atoms with Gasteiger partial charge in [-0.3, -0.25) is 9.59 Å². The number of carboxylic acids is 1. The van der Waals surface area contributed by atoms with Crippen molar-refractivity contribution in [2.24, 2.45) is 0 Å². The molecule has 19 heavy (non-hydrogen) atoms. The van der Waals surface area contributed by atoms with Gasteiger partial charge in [0.15, 0.2) is 5.76 Å². The molecule has 0 bridgehead atoms. The molecule has 1 heterocycles. The summed E-state index contributed by atoms with van der Waals surface area (Å²) in [6.45, 7) is 3.11. The highest BCUT2D eigenvalue weighted by Gasteiger charge is 2.23. The van der Waals surface area contributed by atoms with Crippen LogP contribution in [-0.4, -0.2) is 35.0 Å². The van der Waals surface area contributed by atoms with Gasteiger partial charge in [-0.25, -0.2) is 4.79 Å². The highest BCUT2D eigenvalue weighted by Crippen LogP contribution is 2.00. The second-order valence-electron chi connectivity index (χ2n) is 3.98. The molecule has 0 aromatic carbocycles. The molecule has 0 aliphatic heterocycles. The zero-order valence-corrected chi connectivity index (χ0v) is 10.7. The number of amides is 2. The normalized spacial score (nSPS) is 13.4. The van der Waals surface area contributed by atoms with Gasteiger partial charge >= 0.3 is 5.97 Å². The average molecular weight is 268 g/mol. The van der Waals surface area contributed by atoms with Gasteiger partial charge in [0.05, 0.1) is 6.26 Å². The Hall–Kier alpha value is -2.31. The van der Waals surface area contributed by atoms with E-state index in [9.17, 15) is 14.4 Å². The van der Waals surface area contributed by atoms with Crippen molar-refractivity contribution in [2.75, 3.05) is 0 Å². The number of hydrogen-bond acceptors (Lipinski definition) is 4. The first-order chi connectivity index (χ1) is 8.95. The summed E-state index contributed by atoms with van der Waals surface area (Å²) >= 11 is 0. The zero-order chi connectivity index (χ0) is 14.4. The van der Waals surface area contributed by atoms with Gasteiger partial charge in [0.1, 0.15) is 12.1 Å². The van der Waals surface area contributed by atoms with Crippen LogP contribution in [0.5, 0.6) is 0 Å². The zero-order valence-electron chi connectivity index (χ0n) is 10.7. The minimum atomic E-state index is -1.11. The summed E-state index contributed by atoms with van der Waals surface area (Å²) in [5.41, 5.74) is 0. The Bertz CT molecular complexity index is 455. The van der Waals surface area contributed by atoms with Crippen molar-refractivity contribution in [1.82, 2.24) is 10.6 Å². The lowest BCUT2D eigenvalue weighted by Crippen LogP contribution is -2.50. The van der Waals surface area contributed by atoms with Crippen LogP contribution in [0.1, 0.15) is 30.8 Å². The molecule has 1 aromatic heterocycles. The van der Waals surface area contributed by atoms with E-state index >= 15 is 0 Å². The smallest absolute Gasteiger partial charge is 0.326 e. The molecule has 2 amide bonds. The van der Waals surface area contributed by atoms with Crippen LogP contribution in [0.25, 0.3) is 0 Å². The van der Waals surface area contributed by atoms with E-state index in [2.05, 4.69) is 10.6 Å². The van der Waals surface area contributed by atoms with Crippen LogP contribution in [0, 0.1) is 0 Å². The standard InChI is InChI=1S/C12H16N2O5/c1-3-8(12(17)18)14-10(15)7(2)13-11(16)9-5-4-6-19-9/h4-8H,3H2,1-2H3,(H,13,16)(H,14,15)(H,17,18). The molecule has 2 unspecified atom stereocenters. The number of furan rings is 1. The third-order valence-electron chi connectivity index (χ3n) is 2.51. The second kappa shape index (κ2) is 6.58. The molecule has 0 saturated heterocycles. The molecule has 0 radical (unpaired) electrons. The molecule has 0 aliphatic carbocycles. The summed E-state index contributed by atoms with van der Waals surface area (Å²) in [6.07, 6.45) is 1.61. The van der Waals surface area contributed by atoms with Gasteiger partial charge < -0.3 is 20.2 Å². The fourth-order valence-corrected chi connectivity index (χ4v) is 1.38. The highest BCUT2D eigenvalue weighted by atomic mass is 16.4. The second-order valence-corrected chi connectivity index (χ2v) is 3.98. The third kappa shape index (κ3) is 4.13. The molecule has 3 N–H and O–H groups in total. The van der Waals surface area contributed by atoms with Gasteiger partial charge in [0.2, 0.25) is 5.91 Å². The monoisotopic (exact) mass is 268 g/mol. The average Bonchev–Trinajstić information content (AvgIpc) is 2.88. The van der Waals surface area contributed by atoms with E-state index in [-0.39, 0.29) is 12.2 Å². The number of carbonyl (C=O) groups excluding carboxylic acids is 2. The summed E-state index contributed by atoms with van der Waals surface area (Å²) in [5.74, 6) is -2.12. The SMILES string of the molecule is CCC(NC(=O)C(C)NC(=O)c1ccco1)C(=O)O. The Morgan fingerprint density at radius 3 is 2.53 bits per heavy atom. The summed E-state index contributed by atoms with van der Waals surface area (Å²) in [7, 11) is 0. The van der Waals surface area contributed by atoms with Gasteiger partial charge in [0.25, 0.3) is 5.91 Å². The van der Waals surface area contributed by atoms with Crippen LogP contribution >= 0.6 is 0 Å². The van der Waals surface area contributed by atoms with E-state index in [0.717, 1.165) is 0 Å². The van der Waals surface area contributed by atoms with E-state index in [1.165, 1.54) is 19.3 Å². The van der Waals surface area contributed by atoms with Gasteiger partial charge in [-0.15, -0.1) is 0 Å². The largest absolute Gasteiger partial charge is 0.480 e. The molecule has 1 rings (SSSR count). The van der Waals surface area contributed by atoms with Crippen molar-refractivity contribution in [3.05, 3.63) is 24.2 Å². The molecule has 1 aromatic rings. The Morgan fingerprint density at radius 1 is 1.37 bits per heavy atom. The maximum Gasteiger partial charge on any atom is 0.326 e. The van der Waals surface area contributed by atoms with Crippen LogP contribution in [0.3, 0.4) is 0 Å². The van der Waals surface area contributed by atoms with E-state index in [4.69, 9.17) is 9.52 Å². The number of carboxylic acid groups (broad SMARTS) is 1.